The predicted molar refractivity (Wildman–Crippen MR) is 107 cm³/mol. The zero-order valence-corrected chi connectivity index (χ0v) is 17.1. The fraction of sp³-hybridized carbons (Fsp3) is 0.696. The second-order valence-electron chi connectivity index (χ2n) is 9.33. The molecule has 3 aliphatic heterocycles. The van der Waals surface area contributed by atoms with Crippen LogP contribution in [0.5, 0.6) is 5.75 Å². The van der Waals surface area contributed by atoms with Gasteiger partial charge in [0.1, 0.15) is 12.4 Å². The van der Waals surface area contributed by atoms with Crippen LogP contribution < -0.4 is 10.1 Å². The first-order valence-electron chi connectivity index (χ1n) is 10.9. The van der Waals surface area contributed by atoms with Crippen LogP contribution in [0.4, 0.5) is 0 Å². The Labute approximate surface area is 167 Å². The average Bonchev–Trinajstić information content (AvgIpc) is 3.28. The van der Waals surface area contributed by atoms with Crippen LogP contribution in [0.1, 0.15) is 36.8 Å². The van der Waals surface area contributed by atoms with Crippen molar-refractivity contribution in [3.63, 3.8) is 0 Å². The summed E-state index contributed by atoms with van der Waals surface area (Å²) in [4.78, 5) is 14.6. The average molecular weight is 385 g/mol. The van der Waals surface area contributed by atoms with E-state index >= 15 is 0 Å². The van der Waals surface area contributed by atoms with Crippen LogP contribution in [-0.2, 0) is 9.53 Å². The van der Waals surface area contributed by atoms with Crippen LogP contribution in [0, 0.1) is 31.6 Å². The minimum Gasteiger partial charge on any atom is -0.492 e. The summed E-state index contributed by atoms with van der Waals surface area (Å²) in [5.41, 5.74) is 2.53. The maximum atomic E-state index is 12.1. The number of likely N-dealkylation sites (tertiary alicyclic amines) is 1. The van der Waals surface area contributed by atoms with Crippen molar-refractivity contribution in [3.05, 3.63) is 29.3 Å². The normalized spacial score (nSPS) is 33.9. The van der Waals surface area contributed by atoms with Gasteiger partial charge >= 0.3 is 0 Å². The molecule has 3 heterocycles. The molecule has 4 atom stereocenters. The Balaban J connectivity index is 1.16. The molecule has 4 fully saturated rings. The highest BCUT2D eigenvalue weighted by atomic mass is 16.5. The van der Waals surface area contributed by atoms with E-state index in [1.54, 1.807) is 0 Å². The SMILES string of the molecule is Cc1cccc(OCCN2C[C@@H]3[C@H](CNC(=O)C4CC4)[C@H]4CC[C@]3(C2)O4)c1C. The Bertz CT molecular complexity index is 762. The number of fused-ring (bicyclic) bond motifs is 1. The number of carbonyl (C=O) groups is 1. The zero-order valence-electron chi connectivity index (χ0n) is 17.1. The summed E-state index contributed by atoms with van der Waals surface area (Å²) in [6.45, 7) is 8.75. The number of hydrogen-bond acceptors (Lipinski definition) is 4. The molecular formula is C23H32N2O3. The molecule has 1 aromatic carbocycles. The lowest BCUT2D eigenvalue weighted by Crippen LogP contribution is -2.42. The van der Waals surface area contributed by atoms with Crippen molar-refractivity contribution < 1.29 is 14.3 Å². The van der Waals surface area contributed by atoms with Crippen LogP contribution in [0.25, 0.3) is 0 Å². The third-order valence-corrected chi connectivity index (χ3v) is 7.53. The quantitative estimate of drug-likeness (QED) is 0.785. The standard InChI is InChI=1S/C23H32N2O3/c1-15-4-3-5-20(16(15)2)27-11-10-25-13-19-18(12-24-22(26)17-6-7-17)21-8-9-23(19,14-25)28-21/h3-5,17-19,21H,6-14H2,1-2H3,(H,24,26)/t18-,19+,21+,23+/m0/s1. The number of amides is 1. The van der Waals surface area contributed by atoms with Crippen molar-refractivity contribution >= 4 is 5.91 Å². The van der Waals surface area contributed by atoms with Crippen LogP contribution in [0.15, 0.2) is 18.2 Å². The van der Waals surface area contributed by atoms with Gasteiger partial charge in [0.15, 0.2) is 0 Å². The molecule has 28 heavy (non-hydrogen) atoms. The van der Waals surface area contributed by atoms with E-state index in [1.807, 2.05) is 0 Å². The molecule has 1 aromatic rings. The largest absolute Gasteiger partial charge is 0.492 e. The lowest BCUT2D eigenvalue weighted by atomic mass is 9.73. The molecule has 1 spiro atoms. The Morgan fingerprint density at radius 3 is 3.00 bits per heavy atom. The second-order valence-corrected chi connectivity index (χ2v) is 9.33. The van der Waals surface area contributed by atoms with E-state index in [1.165, 1.54) is 17.5 Å². The summed E-state index contributed by atoms with van der Waals surface area (Å²) < 4.78 is 12.6. The van der Waals surface area contributed by atoms with E-state index in [-0.39, 0.29) is 17.4 Å². The molecule has 4 aliphatic rings. The summed E-state index contributed by atoms with van der Waals surface area (Å²) >= 11 is 0. The van der Waals surface area contributed by atoms with Crippen LogP contribution in [-0.4, -0.2) is 55.3 Å². The second kappa shape index (κ2) is 7.03. The van der Waals surface area contributed by atoms with Crippen molar-refractivity contribution in [2.24, 2.45) is 17.8 Å². The zero-order chi connectivity index (χ0) is 19.3. The summed E-state index contributed by atoms with van der Waals surface area (Å²) in [6.07, 6.45) is 4.80. The summed E-state index contributed by atoms with van der Waals surface area (Å²) in [5.74, 6) is 2.56. The van der Waals surface area contributed by atoms with Crippen molar-refractivity contribution in [2.45, 2.75) is 51.2 Å². The maximum absolute atomic E-state index is 12.1. The van der Waals surface area contributed by atoms with Gasteiger partial charge in [-0.15, -0.1) is 0 Å². The van der Waals surface area contributed by atoms with Gasteiger partial charge in [-0.05, 0) is 56.7 Å². The monoisotopic (exact) mass is 384 g/mol. The van der Waals surface area contributed by atoms with E-state index < -0.39 is 0 Å². The molecule has 1 amide bonds. The van der Waals surface area contributed by atoms with Gasteiger partial charge in [-0.2, -0.15) is 0 Å². The van der Waals surface area contributed by atoms with Crippen molar-refractivity contribution in [1.29, 1.82) is 0 Å². The third-order valence-electron chi connectivity index (χ3n) is 7.53. The van der Waals surface area contributed by atoms with Gasteiger partial charge < -0.3 is 14.8 Å². The molecule has 5 rings (SSSR count). The first-order valence-corrected chi connectivity index (χ1v) is 10.9. The van der Waals surface area contributed by atoms with Gasteiger partial charge in [0.2, 0.25) is 5.91 Å². The van der Waals surface area contributed by atoms with Crippen LogP contribution in [0.3, 0.4) is 0 Å². The lowest BCUT2D eigenvalue weighted by Gasteiger charge is -2.29. The molecule has 0 radical (unpaired) electrons. The number of benzene rings is 1. The molecular weight excluding hydrogens is 352 g/mol. The molecule has 5 heteroatoms. The highest BCUT2D eigenvalue weighted by molar-refractivity contribution is 5.80. The van der Waals surface area contributed by atoms with Gasteiger partial charge in [0.05, 0.1) is 11.7 Å². The Morgan fingerprint density at radius 1 is 1.32 bits per heavy atom. The third kappa shape index (κ3) is 3.22. The number of rotatable bonds is 7. The minimum atomic E-state index is 0.0267. The van der Waals surface area contributed by atoms with E-state index in [4.69, 9.17) is 9.47 Å². The van der Waals surface area contributed by atoms with Crippen LogP contribution in [0.2, 0.25) is 0 Å². The molecule has 1 saturated carbocycles. The van der Waals surface area contributed by atoms with Crippen molar-refractivity contribution in [1.82, 2.24) is 10.2 Å². The fourth-order valence-electron chi connectivity index (χ4n) is 5.60. The number of carbonyl (C=O) groups excluding carboxylic acids is 1. The highest BCUT2D eigenvalue weighted by Gasteiger charge is 2.62. The van der Waals surface area contributed by atoms with Crippen molar-refractivity contribution in [2.75, 3.05) is 32.8 Å². The summed E-state index contributed by atoms with van der Waals surface area (Å²) in [6, 6.07) is 6.24. The number of ether oxygens (including phenoxy) is 2. The topological polar surface area (TPSA) is 50.8 Å². The number of hydrogen-bond donors (Lipinski definition) is 1. The number of nitrogens with one attached hydrogen (secondary N) is 1. The first-order chi connectivity index (χ1) is 13.6. The molecule has 0 unspecified atom stereocenters. The van der Waals surface area contributed by atoms with Crippen molar-refractivity contribution in [3.8, 4) is 5.75 Å². The van der Waals surface area contributed by atoms with Gasteiger partial charge in [0, 0.05) is 43.9 Å². The molecule has 0 aromatic heterocycles. The van der Waals surface area contributed by atoms with Gasteiger partial charge in [0.25, 0.3) is 0 Å². The van der Waals surface area contributed by atoms with E-state index in [9.17, 15) is 4.79 Å². The van der Waals surface area contributed by atoms with Gasteiger partial charge in [-0.25, -0.2) is 0 Å². The highest BCUT2D eigenvalue weighted by Crippen LogP contribution is 2.54. The maximum Gasteiger partial charge on any atom is 0.223 e. The fourth-order valence-corrected chi connectivity index (χ4v) is 5.60. The smallest absolute Gasteiger partial charge is 0.223 e. The first kappa shape index (κ1) is 18.4. The minimum absolute atomic E-state index is 0.0267. The molecule has 1 N–H and O–H groups in total. The number of nitrogens with zero attached hydrogens (tertiary/aromatic N) is 1. The van der Waals surface area contributed by atoms with E-state index in [0.29, 0.717) is 24.5 Å². The molecule has 5 nitrogen and oxygen atoms in total. The Hall–Kier alpha value is -1.59. The number of aryl methyl sites for hydroxylation is 1. The Morgan fingerprint density at radius 2 is 2.18 bits per heavy atom. The van der Waals surface area contributed by atoms with Gasteiger partial charge in [-0.1, -0.05) is 12.1 Å². The van der Waals surface area contributed by atoms with E-state index in [0.717, 1.165) is 51.2 Å². The van der Waals surface area contributed by atoms with Crippen LogP contribution >= 0.6 is 0 Å². The van der Waals surface area contributed by atoms with E-state index in [2.05, 4.69) is 42.3 Å². The summed E-state index contributed by atoms with van der Waals surface area (Å²) in [5, 5.41) is 3.21. The predicted octanol–water partition coefficient (Wildman–Crippen LogP) is 2.69. The molecule has 152 valence electrons. The molecule has 1 aliphatic carbocycles. The van der Waals surface area contributed by atoms with Gasteiger partial charge in [-0.3, -0.25) is 9.69 Å². The molecule has 2 bridgehead atoms. The summed E-state index contributed by atoms with van der Waals surface area (Å²) in [7, 11) is 0. The lowest BCUT2D eigenvalue weighted by molar-refractivity contribution is -0.122. The molecule has 3 saturated heterocycles. The Kier molecular flexibility index (Phi) is 4.63.